The monoisotopic (exact) mass is 345 g/mol. The van der Waals surface area contributed by atoms with Crippen molar-refractivity contribution in [2.45, 2.75) is 24.9 Å². The lowest BCUT2D eigenvalue weighted by Gasteiger charge is -2.08. The van der Waals surface area contributed by atoms with E-state index in [4.69, 9.17) is 0 Å². The number of rotatable bonds is 5. The van der Waals surface area contributed by atoms with E-state index in [1.807, 2.05) is 13.8 Å². The Balaban J connectivity index is 1.86. The molecular weight excluding hydrogens is 329 g/mol. The van der Waals surface area contributed by atoms with E-state index in [1.165, 1.54) is 30.2 Å². The van der Waals surface area contributed by atoms with Gasteiger partial charge < -0.3 is 5.32 Å². The summed E-state index contributed by atoms with van der Waals surface area (Å²) in [7, 11) is 0. The van der Waals surface area contributed by atoms with Crippen LogP contribution in [0, 0.1) is 5.82 Å². The number of aromatic nitrogens is 4. The molecule has 0 fully saturated rings. The van der Waals surface area contributed by atoms with Crippen LogP contribution in [-0.4, -0.2) is 37.5 Å². The maximum Gasteiger partial charge on any atom is 0.230 e. The number of benzene rings is 1. The largest absolute Gasteiger partial charge is 0.353 e. The highest BCUT2D eigenvalue weighted by atomic mass is 32.2. The highest BCUT2D eigenvalue weighted by molar-refractivity contribution is 8.00. The second-order valence-electron chi connectivity index (χ2n) is 5.46. The molecule has 0 unspecified atom stereocenters. The minimum atomic E-state index is -0.308. The van der Waals surface area contributed by atoms with Gasteiger partial charge in [-0.1, -0.05) is 11.8 Å². The number of amides is 1. The molecule has 2 aromatic heterocycles. The molecule has 2 heterocycles. The maximum absolute atomic E-state index is 13.1. The molecule has 0 spiro atoms. The molecule has 8 heteroatoms. The van der Waals surface area contributed by atoms with Crippen LogP contribution in [0.4, 0.5) is 4.39 Å². The van der Waals surface area contributed by atoms with Crippen molar-refractivity contribution < 1.29 is 9.18 Å². The lowest BCUT2D eigenvalue weighted by atomic mass is 10.3. The predicted molar refractivity (Wildman–Crippen MR) is 90.6 cm³/mol. The van der Waals surface area contributed by atoms with E-state index in [0.717, 1.165) is 5.39 Å². The van der Waals surface area contributed by atoms with Crippen LogP contribution in [0.2, 0.25) is 0 Å². The first kappa shape index (κ1) is 16.4. The van der Waals surface area contributed by atoms with E-state index in [9.17, 15) is 9.18 Å². The number of nitrogens with one attached hydrogen (secondary N) is 1. The van der Waals surface area contributed by atoms with E-state index < -0.39 is 0 Å². The summed E-state index contributed by atoms with van der Waals surface area (Å²) in [6, 6.07) is 6.11. The molecule has 0 aliphatic heterocycles. The average molecular weight is 345 g/mol. The summed E-state index contributed by atoms with van der Waals surface area (Å²) in [6.07, 6.45) is 3.09. The molecule has 24 heavy (non-hydrogen) atoms. The Bertz CT molecular complexity index is 863. The molecule has 124 valence electrons. The predicted octanol–water partition coefficient (Wildman–Crippen LogP) is 2.57. The van der Waals surface area contributed by atoms with Crippen molar-refractivity contribution in [2.24, 2.45) is 0 Å². The molecule has 0 saturated carbocycles. The first-order valence-electron chi connectivity index (χ1n) is 7.41. The molecule has 3 aromatic rings. The summed E-state index contributed by atoms with van der Waals surface area (Å²) in [6.45, 7) is 3.83. The molecule has 6 nitrogen and oxygen atoms in total. The molecule has 0 bridgehead atoms. The maximum atomic E-state index is 13.1. The number of hydrogen-bond acceptors (Lipinski definition) is 5. The van der Waals surface area contributed by atoms with Crippen molar-refractivity contribution in [3.8, 4) is 5.69 Å². The summed E-state index contributed by atoms with van der Waals surface area (Å²) in [5, 5.41) is 8.59. The average Bonchev–Trinajstić information content (AvgIpc) is 2.97. The van der Waals surface area contributed by atoms with Gasteiger partial charge in [-0.3, -0.25) is 4.79 Å². The van der Waals surface area contributed by atoms with Crippen molar-refractivity contribution in [3.63, 3.8) is 0 Å². The van der Waals surface area contributed by atoms with Gasteiger partial charge in [-0.25, -0.2) is 19.0 Å². The number of carbonyl (C=O) groups is 1. The summed E-state index contributed by atoms with van der Waals surface area (Å²) >= 11 is 1.33. The molecular formula is C16H16FN5OS. The minimum Gasteiger partial charge on any atom is -0.353 e. The Hall–Kier alpha value is -2.48. The van der Waals surface area contributed by atoms with Crippen molar-refractivity contribution in [1.82, 2.24) is 25.1 Å². The SMILES string of the molecule is CC(C)NC(=O)CSc1ncnc2c1cnn2-c1ccc(F)cc1. The van der Waals surface area contributed by atoms with E-state index >= 15 is 0 Å². The molecule has 1 N–H and O–H groups in total. The topological polar surface area (TPSA) is 72.7 Å². The van der Waals surface area contributed by atoms with Crippen LogP contribution in [0.5, 0.6) is 0 Å². The van der Waals surface area contributed by atoms with Crippen LogP contribution < -0.4 is 5.32 Å². The van der Waals surface area contributed by atoms with Crippen LogP contribution in [-0.2, 0) is 4.79 Å². The number of fused-ring (bicyclic) bond motifs is 1. The highest BCUT2D eigenvalue weighted by Gasteiger charge is 2.13. The molecule has 0 atom stereocenters. The third-order valence-electron chi connectivity index (χ3n) is 3.19. The van der Waals surface area contributed by atoms with E-state index in [0.29, 0.717) is 16.4 Å². The van der Waals surface area contributed by atoms with Crippen molar-refractivity contribution >= 4 is 28.7 Å². The third kappa shape index (κ3) is 3.53. The zero-order valence-corrected chi connectivity index (χ0v) is 14.0. The number of nitrogens with zero attached hydrogens (tertiary/aromatic N) is 4. The zero-order valence-electron chi connectivity index (χ0n) is 13.2. The van der Waals surface area contributed by atoms with Gasteiger partial charge in [-0.15, -0.1) is 0 Å². The molecule has 1 aromatic carbocycles. The van der Waals surface area contributed by atoms with Crippen LogP contribution in [0.3, 0.4) is 0 Å². The fraction of sp³-hybridized carbons (Fsp3) is 0.250. The molecule has 1 amide bonds. The smallest absolute Gasteiger partial charge is 0.230 e. The van der Waals surface area contributed by atoms with Gasteiger partial charge in [0.05, 0.1) is 23.0 Å². The Kier molecular flexibility index (Phi) is 4.75. The van der Waals surface area contributed by atoms with Crippen LogP contribution >= 0.6 is 11.8 Å². The summed E-state index contributed by atoms with van der Waals surface area (Å²) in [5.41, 5.74) is 1.32. The Morgan fingerprint density at radius 3 is 2.75 bits per heavy atom. The highest BCUT2D eigenvalue weighted by Crippen LogP contribution is 2.25. The Morgan fingerprint density at radius 2 is 2.04 bits per heavy atom. The van der Waals surface area contributed by atoms with Crippen molar-refractivity contribution in [3.05, 3.63) is 42.6 Å². The number of hydrogen-bond donors (Lipinski definition) is 1. The summed E-state index contributed by atoms with van der Waals surface area (Å²) in [4.78, 5) is 20.3. The van der Waals surface area contributed by atoms with E-state index in [-0.39, 0.29) is 23.5 Å². The fourth-order valence-corrected chi connectivity index (χ4v) is 2.98. The number of halogens is 1. The molecule has 0 aliphatic carbocycles. The lowest BCUT2D eigenvalue weighted by Crippen LogP contribution is -2.31. The van der Waals surface area contributed by atoms with Crippen LogP contribution in [0.1, 0.15) is 13.8 Å². The van der Waals surface area contributed by atoms with Gasteiger partial charge in [0.2, 0.25) is 5.91 Å². The fourth-order valence-electron chi connectivity index (χ4n) is 2.21. The van der Waals surface area contributed by atoms with Gasteiger partial charge in [0.15, 0.2) is 5.65 Å². The van der Waals surface area contributed by atoms with E-state index in [2.05, 4.69) is 20.4 Å². The number of carbonyl (C=O) groups excluding carboxylic acids is 1. The summed E-state index contributed by atoms with van der Waals surface area (Å²) in [5.74, 6) is -0.0867. The Morgan fingerprint density at radius 1 is 1.29 bits per heavy atom. The van der Waals surface area contributed by atoms with Gasteiger partial charge in [-0.2, -0.15) is 5.10 Å². The first-order chi connectivity index (χ1) is 11.5. The van der Waals surface area contributed by atoms with Gasteiger partial charge in [0.25, 0.3) is 0 Å². The Labute approximate surface area is 142 Å². The van der Waals surface area contributed by atoms with Crippen molar-refractivity contribution in [2.75, 3.05) is 5.75 Å². The van der Waals surface area contributed by atoms with Crippen LogP contribution in [0.25, 0.3) is 16.7 Å². The molecule has 0 radical (unpaired) electrons. The minimum absolute atomic E-state index is 0.0484. The second kappa shape index (κ2) is 6.96. The zero-order chi connectivity index (χ0) is 17.1. The second-order valence-corrected chi connectivity index (χ2v) is 6.42. The molecule has 3 rings (SSSR count). The van der Waals surface area contributed by atoms with Gasteiger partial charge in [0, 0.05) is 6.04 Å². The molecule has 0 saturated heterocycles. The normalized spacial score (nSPS) is 11.2. The molecule has 0 aliphatic rings. The van der Waals surface area contributed by atoms with Crippen molar-refractivity contribution in [1.29, 1.82) is 0 Å². The standard InChI is InChI=1S/C16H16FN5OS/c1-10(2)21-14(23)8-24-16-13-7-20-22(15(13)18-9-19-16)12-5-3-11(17)4-6-12/h3-7,9-10H,8H2,1-2H3,(H,21,23). The van der Waals surface area contributed by atoms with Gasteiger partial charge in [-0.05, 0) is 38.1 Å². The van der Waals surface area contributed by atoms with Gasteiger partial charge in [0.1, 0.15) is 17.2 Å². The third-order valence-corrected chi connectivity index (χ3v) is 4.20. The van der Waals surface area contributed by atoms with E-state index in [1.54, 1.807) is 23.0 Å². The van der Waals surface area contributed by atoms with Crippen LogP contribution in [0.15, 0.2) is 41.8 Å². The van der Waals surface area contributed by atoms with Gasteiger partial charge >= 0.3 is 0 Å². The lowest BCUT2D eigenvalue weighted by molar-refractivity contribution is -0.119. The first-order valence-corrected chi connectivity index (χ1v) is 8.40. The quantitative estimate of drug-likeness (QED) is 0.568. The summed E-state index contributed by atoms with van der Waals surface area (Å²) < 4.78 is 14.7. The number of thioether (sulfide) groups is 1.